The van der Waals surface area contributed by atoms with Crippen LogP contribution in [0, 0.1) is 0 Å². The van der Waals surface area contributed by atoms with Gasteiger partial charge in [-0.3, -0.25) is 14.5 Å². The molecule has 0 spiro atoms. The molecule has 3 N–H and O–H groups in total. The second-order valence-electron chi connectivity index (χ2n) is 5.40. The maximum atomic E-state index is 12.6. The normalized spacial score (nSPS) is 21.7. The number of carboxylic acids is 2. The second-order valence-corrected chi connectivity index (χ2v) is 7.68. The van der Waals surface area contributed by atoms with Crippen LogP contribution >= 0.6 is 34.7 Å². The Kier molecular flexibility index (Phi) is 5.86. The summed E-state index contributed by atoms with van der Waals surface area (Å²) < 4.78 is 0. The third kappa shape index (κ3) is 3.81. The lowest BCUT2D eigenvalue weighted by Crippen LogP contribution is -2.71. The molecule has 2 aliphatic rings. The summed E-state index contributed by atoms with van der Waals surface area (Å²) in [6.45, 7) is -0.763. The van der Waals surface area contributed by atoms with Crippen LogP contribution in [0.5, 0.6) is 0 Å². The quantitative estimate of drug-likeness (QED) is 0.295. The van der Waals surface area contributed by atoms with E-state index in [0.29, 0.717) is 0 Å². The van der Waals surface area contributed by atoms with Crippen molar-refractivity contribution in [3.63, 3.8) is 0 Å². The SMILES string of the molecule is O=C(O)CO/N=C(/C(=O)NC1C(=O)N2C(C(=O)O)=C(Cl)CSC12)c1cscn1. The van der Waals surface area contributed by atoms with Crippen molar-refractivity contribution in [2.45, 2.75) is 11.4 Å². The Hall–Kier alpha value is -2.64. The molecule has 11 nitrogen and oxygen atoms in total. The fourth-order valence-electron chi connectivity index (χ4n) is 2.48. The minimum Gasteiger partial charge on any atom is -0.479 e. The van der Waals surface area contributed by atoms with Crippen LogP contribution in [0.2, 0.25) is 0 Å². The topological polar surface area (TPSA) is 158 Å². The van der Waals surface area contributed by atoms with Crippen LogP contribution in [0.15, 0.2) is 26.8 Å². The Morgan fingerprint density at radius 3 is 2.79 bits per heavy atom. The maximum Gasteiger partial charge on any atom is 0.353 e. The predicted molar refractivity (Wildman–Crippen MR) is 97.8 cm³/mol. The molecule has 2 aliphatic heterocycles. The van der Waals surface area contributed by atoms with Gasteiger partial charge in [0.15, 0.2) is 5.71 Å². The number of amides is 2. The van der Waals surface area contributed by atoms with Crippen molar-refractivity contribution in [3.8, 4) is 0 Å². The average molecular weight is 447 g/mol. The molecular weight excluding hydrogens is 436 g/mol. The number of halogens is 1. The Morgan fingerprint density at radius 2 is 2.18 bits per heavy atom. The van der Waals surface area contributed by atoms with Gasteiger partial charge in [-0.05, 0) is 0 Å². The standard InChI is InChI=1S/C14H11ClN4O7S2/c15-5-2-28-13-9(12(23)19(13)10(5)14(24)25)17-11(22)8(6-3-27-4-16-6)18-26-1-7(20)21/h3-4,9,13H,1-2H2,(H,17,22)(H,20,21)(H,24,25)/b18-8+. The van der Waals surface area contributed by atoms with Crippen molar-refractivity contribution in [1.29, 1.82) is 0 Å². The first kappa shape index (κ1) is 20.1. The van der Waals surface area contributed by atoms with E-state index in [1.807, 2.05) is 0 Å². The number of carbonyl (C=O) groups is 4. The number of nitrogens with one attached hydrogen (secondary N) is 1. The summed E-state index contributed by atoms with van der Waals surface area (Å²) >= 11 is 8.28. The molecule has 0 aromatic carbocycles. The summed E-state index contributed by atoms with van der Waals surface area (Å²) in [7, 11) is 0. The molecule has 1 aromatic rings. The first-order valence-corrected chi connectivity index (χ1v) is 9.86. The molecule has 0 bridgehead atoms. The number of aromatic nitrogens is 1. The van der Waals surface area contributed by atoms with E-state index in [0.717, 1.165) is 4.90 Å². The molecule has 1 fully saturated rings. The number of β-lactam (4-membered cyclic amide) rings is 1. The van der Waals surface area contributed by atoms with E-state index in [1.54, 1.807) is 0 Å². The average Bonchev–Trinajstić information content (AvgIpc) is 3.16. The lowest BCUT2D eigenvalue weighted by molar-refractivity contribution is -0.150. The Labute approximate surface area is 170 Å². The van der Waals surface area contributed by atoms with Gasteiger partial charge in [0.2, 0.25) is 6.61 Å². The summed E-state index contributed by atoms with van der Waals surface area (Å²) in [5.41, 5.74) is 0.969. The number of fused-ring (bicyclic) bond motifs is 1. The van der Waals surface area contributed by atoms with Gasteiger partial charge >= 0.3 is 11.9 Å². The van der Waals surface area contributed by atoms with Gasteiger partial charge in [-0.1, -0.05) is 16.8 Å². The molecule has 2 unspecified atom stereocenters. The van der Waals surface area contributed by atoms with Crippen LogP contribution in [-0.2, 0) is 24.0 Å². The minimum atomic E-state index is -1.33. The van der Waals surface area contributed by atoms with Gasteiger partial charge in [-0.25, -0.2) is 14.6 Å². The second kappa shape index (κ2) is 8.16. The van der Waals surface area contributed by atoms with E-state index in [9.17, 15) is 24.3 Å². The molecule has 2 amide bonds. The minimum absolute atomic E-state index is 0.0404. The van der Waals surface area contributed by atoms with Gasteiger partial charge in [0.05, 0.1) is 10.5 Å². The molecule has 28 heavy (non-hydrogen) atoms. The van der Waals surface area contributed by atoms with Crippen LogP contribution in [0.1, 0.15) is 5.69 Å². The van der Waals surface area contributed by atoms with E-state index >= 15 is 0 Å². The number of thiazole rings is 1. The molecule has 14 heteroatoms. The van der Waals surface area contributed by atoms with Crippen molar-refractivity contribution in [3.05, 3.63) is 27.3 Å². The van der Waals surface area contributed by atoms with Crippen LogP contribution < -0.4 is 5.32 Å². The van der Waals surface area contributed by atoms with E-state index in [2.05, 4.69) is 20.3 Å². The molecule has 3 rings (SSSR count). The summed E-state index contributed by atoms with van der Waals surface area (Å²) in [6.07, 6.45) is 0. The Bertz CT molecular complexity index is 902. The maximum absolute atomic E-state index is 12.6. The summed E-state index contributed by atoms with van der Waals surface area (Å²) in [5, 5.41) is 24.7. The zero-order chi connectivity index (χ0) is 20.4. The van der Waals surface area contributed by atoms with Crippen molar-refractivity contribution >= 4 is 64.2 Å². The summed E-state index contributed by atoms with van der Waals surface area (Å²) in [5.74, 6) is -3.88. The number of carbonyl (C=O) groups excluding carboxylic acids is 2. The highest BCUT2D eigenvalue weighted by Gasteiger charge is 2.54. The van der Waals surface area contributed by atoms with Crippen molar-refractivity contribution < 1.29 is 34.2 Å². The van der Waals surface area contributed by atoms with Crippen LogP contribution in [-0.4, -0.2) is 73.3 Å². The van der Waals surface area contributed by atoms with Gasteiger partial charge < -0.3 is 20.4 Å². The molecule has 0 radical (unpaired) electrons. The number of hydrogen-bond acceptors (Lipinski definition) is 9. The van der Waals surface area contributed by atoms with Crippen LogP contribution in [0.3, 0.4) is 0 Å². The largest absolute Gasteiger partial charge is 0.479 e. The van der Waals surface area contributed by atoms with Crippen molar-refractivity contribution in [2.75, 3.05) is 12.4 Å². The fraction of sp³-hybridized carbons (Fsp3) is 0.286. The molecule has 1 saturated heterocycles. The first-order valence-electron chi connectivity index (χ1n) is 7.49. The van der Waals surface area contributed by atoms with Gasteiger partial charge in [0.25, 0.3) is 11.8 Å². The number of aliphatic carboxylic acids is 2. The number of thioether (sulfide) groups is 1. The third-order valence-corrected chi connectivity index (χ3v) is 5.98. The first-order chi connectivity index (χ1) is 13.3. The Morgan fingerprint density at radius 1 is 1.43 bits per heavy atom. The van der Waals surface area contributed by atoms with Crippen molar-refractivity contribution in [2.24, 2.45) is 5.16 Å². The number of rotatable bonds is 7. The Balaban J connectivity index is 1.76. The summed E-state index contributed by atoms with van der Waals surface area (Å²) in [6, 6.07) is -1.00. The van der Waals surface area contributed by atoms with Gasteiger partial charge in [0.1, 0.15) is 22.8 Å². The molecule has 0 saturated carbocycles. The zero-order valence-electron chi connectivity index (χ0n) is 13.7. The molecule has 2 atom stereocenters. The monoisotopic (exact) mass is 446 g/mol. The fourth-order valence-corrected chi connectivity index (χ4v) is 4.56. The highest BCUT2D eigenvalue weighted by atomic mass is 35.5. The van der Waals surface area contributed by atoms with Crippen LogP contribution in [0.25, 0.3) is 0 Å². The summed E-state index contributed by atoms with van der Waals surface area (Å²) in [4.78, 5) is 56.4. The number of hydrogen-bond donors (Lipinski definition) is 3. The number of nitrogens with zero attached hydrogens (tertiary/aromatic N) is 3. The molecule has 148 valence electrons. The van der Waals surface area contributed by atoms with Gasteiger partial charge in [-0.2, -0.15) is 0 Å². The smallest absolute Gasteiger partial charge is 0.353 e. The van der Waals surface area contributed by atoms with Crippen LogP contribution in [0.4, 0.5) is 0 Å². The van der Waals surface area contributed by atoms with E-state index < -0.39 is 41.8 Å². The predicted octanol–water partition coefficient (Wildman–Crippen LogP) is -0.117. The lowest BCUT2D eigenvalue weighted by atomic mass is 10.0. The van der Waals surface area contributed by atoms with Crippen molar-refractivity contribution in [1.82, 2.24) is 15.2 Å². The number of oxime groups is 1. The van der Waals surface area contributed by atoms with E-state index in [1.165, 1.54) is 34.0 Å². The molecule has 1 aromatic heterocycles. The molecular formula is C14H11ClN4O7S2. The number of carboxylic acid groups (broad SMARTS) is 2. The van der Waals surface area contributed by atoms with Gasteiger partial charge in [0, 0.05) is 11.1 Å². The lowest BCUT2D eigenvalue weighted by Gasteiger charge is -2.48. The molecule has 3 heterocycles. The highest BCUT2D eigenvalue weighted by molar-refractivity contribution is 8.00. The van der Waals surface area contributed by atoms with E-state index in [-0.39, 0.29) is 27.9 Å². The van der Waals surface area contributed by atoms with E-state index in [4.69, 9.17) is 16.7 Å². The molecule has 0 aliphatic carbocycles. The third-order valence-electron chi connectivity index (χ3n) is 3.64. The zero-order valence-corrected chi connectivity index (χ0v) is 16.1. The van der Waals surface area contributed by atoms with Gasteiger partial charge in [-0.15, -0.1) is 23.1 Å². The highest BCUT2D eigenvalue weighted by Crippen LogP contribution is 2.41.